The van der Waals surface area contributed by atoms with Crippen LogP contribution in [0.1, 0.15) is 44.9 Å². The molecule has 0 radical (unpaired) electrons. The molecule has 2 aliphatic rings. The molecule has 0 unspecified atom stereocenters. The Kier molecular flexibility index (Phi) is 4.83. The molecule has 0 atom stereocenters. The fourth-order valence-corrected chi connectivity index (χ4v) is 3.19. The van der Waals surface area contributed by atoms with Crippen LogP contribution >= 0.6 is 11.8 Å². The van der Waals surface area contributed by atoms with Gasteiger partial charge < -0.3 is 0 Å². The summed E-state index contributed by atoms with van der Waals surface area (Å²) in [5.74, 6) is 2.35. The summed E-state index contributed by atoms with van der Waals surface area (Å²) < 4.78 is 0. The maximum atomic E-state index is 2.78. The Morgan fingerprint density at radius 2 is 1.80 bits per heavy atom. The molecule has 0 heterocycles. The fraction of sp³-hybridized carbons (Fsp3) is 1.00. The molecule has 2 fully saturated rings. The molecule has 0 aromatic rings. The molecule has 0 aromatic carbocycles. The van der Waals surface area contributed by atoms with Gasteiger partial charge in [-0.1, -0.05) is 19.3 Å². The summed E-state index contributed by atoms with van der Waals surface area (Å²) in [6, 6.07) is 0.971. The predicted molar refractivity (Wildman–Crippen MR) is 69.6 cm³/mol. The van der Waals surface area contributed by atoms with Crippen molar-refractivity contribution in [3.05, 3.63) is 0 Å². The molecule has 88 valence electrons. The van der Waals surface area contributed by atoms with Crippen LogP contribution in [0.25, 0.3) is 0 Å². The molecule has 0 saturated heterocycles. The van der Waals surface area contributed by atoms with Crippen LogP contribution in [-0.2, 0) is 0 Å². The number of hydrogen-bond donors (Lipinski definition) is 0. The smallest absolute Gasteiger partial charge is 0.00968 e. The molecule has 2 rings (SSSR count). The SMILES string of the molecule is CSCCN(CC1CCCCC1)C1CC1. The van der Waals surface area contributed by atoms with Gasteiger partial charge in [-0.25, -0.2) is 0 Å². The zero-order chi connectivity index (χ0) is 10.5. The second-order valence-electron chi connectivity index (χ2n) is 5.22. The highest BCUT2D eigenvalue weighted by atomic mass is 32.2. The molecular weight excluding hydrogens is 202 g/mol. The second-order valence-corrected chi connectivity index (χ2v) is 6.21. The van der Waals surface area contributed by atoms with Gasteiger partial charge in [0.25, 0.3) is 0 Å². The first-order valence-electron chi connectivity index (χ1n) is 6.63. The van der Waals surface area contributed by atoms with E-state index in [0.717, 1.165) is 12.0 Å². The van der Waals surface area contributed by atoms with Crippen LogP contribution in [-0.4, -0.2) is 36.0 Å². The molecule has 0 amide bonds. The molecule has 0 aromatic heterocycles. The van der Waals surface area contributed by atoms with E-state index in [1.807, 2.05) is 11.8 Å². The zero-order valence-electron chi connectivity index (χ0n) is 10.1. The van der Waals surface area contributed by atoms with Crippen LogP contribution in [0.2, 0.25) is 0 Å². The molecular formula is C13H25NS. The van der Waals surface area contributed by atoms with E-state index in [4.69, 9.17) is 0 Å². The van der Waals surface area contributed by atoms with Crippen LogP contribution in [0, 0.1) is 5.92 Å². The molecule has 2 heteroatoms. The van der Waals surface area contributed by atoms with Crippen molar-refractivity contribution in [2.45, 2.75) is 51.0 Å². The second kappa shape index (κ2) is 6.15. The van der Waals surface area contributed by atoms with Crippen LogP contribution < -0.4 is 0 Å². The summed E-state index contributed by atoms with van der Waals surface area (Å²) in [6.07, 6.45) is 12.7. The Morgan fingerprint density at radius 3 is 2.40 bits per heavy atom. The molecule has 1 nitrogen and oxygen atoms in total. The third-order valence-corrected chi connectivity index (χ3v) is 4.45. The lowest BCUT2D eigenvalue weighted by Crippen LogP contribution is -2.34. The van der Waals surface area contributed by atoms with Gasteiger partial charge in [-0.3, -0.25) is 4.90 Å². The van der Waals surface area contributed by atoms with E-state index >= 15 is 0 Å². The molecule has 0 bridgehead atoms. The minimum atomic E-state index is 0.971. The molecule has 0 aliphatic heterocycles. The highest BCUT2D eigenvalue weighted by Gasteiger charge is 2.30. The molecule has 15 heavy (non-hydrogen) atoms. The summed E-state index contributed by atoms with van der Waals surface area (Å²) >= 11 is 2.00. The van der Waals surface area contributed by atoms with E-state index in [1.165, 1.54) is 63.8 Å². The molecule has 0 N–H and O–H groups in total. The lowest BCUT2D eigenvalue weighted by Gasteiger charge is -2.29. The number of nitrogens with zero attached hydrogens (tertiary/aromatic N) is 1. The lowest BCUT2D eigenvalue weighted by molar-refractivity contribution is 0.202. The maximum Gasteiger partial charge on any atom is 0.00968 e. The van der Waals surface area contributed by atoms with Gasteiger partial charge in [-0.05, 0) is 37.9 Å². The van der Waals surface area contributed by atoms with E-state index in [1.54, 1.807) is 0 Å². The molecule has 2 aliphatic carbocycles. The van der Waals surface area contributed by atoms with Crippen LogP contribution in [0.5, 0.6) is 0 Å². The third-order valence-electron chi connectivity index (χ3n) is 3.86. The summed E-state index contributed by atoms with van der Waals surface area (Å²) in [5, 5.41) is 0. The summed E-state index contributed by atoms with van der Waals surface area (Å²) in [5.41, 5.74) is 0. The Balaban J connectivity index is 1.72. The van der Waals surface area contributed by atoms with Crippen molar-refractivity contribution in [1.29, 1.82) is 0 Å². The maximum absolute atomic E-state index is 2.78. The Hall–Kier alpha value is 0.310. The van der Waals surface area contributed by atoms with Crippen LogP contribution in [0.4, 0.5) is 0 Å². The normalized spacial score (nSPS) is 23.6. The van der Waals surface area contributed by atoms with Crippen LogP contribution in [0.3, 0.4) is 0 Å². The van der Waals surface area contributed by atoms with Gasteiger partial charge >= 0.3 is 0 Å². The van der Waals surface area contributed by atoms with E-state index in [0.29, 0.717) is 0 Å². The van der Waals surface area contributed by atoms with Gasteiger partial charge in [-0.15, -0.1) is 0 Å². The third kappa shape index (κ3) is 3.99. The minimum Gasteiger partial charge on any atom is -0.299 e. The average Bonchev–Trinajstić information content (AvgIpc) is 3.09. The van der Waals surface area contributed by atoms with Gasteiger partial charge in [0.2, 0.25) is 0 Å². The number of hydrogen-bond acceptors (Lipinski definition) is 2. The van der Waals surface area contributed by atoms with Crippen molar-refractivity contribution >= 4 is 11.8 Å². The standard InChI is InChI=1S/C13H25NS/c1-15-10-9-14(13-7-8-13)11-12-5-3-2-4-6-12/h12-13H,2-11H2,1H3. The van der Waals surface area contributed by atoms with Crippen molar-refractivity contribution in [1.82, 2.24) is 4.90 Å². The predicted octanol–water partition coefficient (Wildman–Crippen LogP) is 3.39. The summed E-state index contributed by atoms with van der Waals surface area (Å²) in [7, 11) is 0. The van der Waals surface area contributed by atoms with Crippen molar-refractivity contribution in [2.75, 3.05) is 25.1 Å². The number of thioether (sulfide) groups is 1. The van der Waals surface area contributed by atoms with Crippen molar-refractivity contribution in [3.63, 3.8) is 0 Å². The van der Waals surface area contributed by atoms with Crippen molar-refractivity contribution in [2.24, 2.45) is 5.92 Å². The Labute approximate surface area is 99.0 Å². The van der Waals surface area contributed by atoms with Gasteiger partial charge in [0, 0.05) is 24.9 Å². The van der Waals surface area contributed by atoms with Gasteiger partial charge in [-0.2, -0.15) is 11.8 Å². The summed E-state index contributed by atoms with van der Waals surface area (Å²) in [4.78, 5) is 2.78. The minimum absolute atomic E-state index is 0.971. The van der Waals surface area contributed by atoms with E-state index in [9.17, 15) is 0 Å². The van der Waals surface area contributed by atoms with Gasteiger partial charge in [0.05, 0.1) is 0 Å². The number of rotatable bonds is 6. The first-order chi connectivity index (χ1) is 7.40. The Morgan fingerprint density at radius 1 is 1.07 bits per heavy atom. The largest absolute Gasteiger partial charge is 0.299 e. The van der Waals surface area contributed by atoms with E-state index < -0.39 is 0 Å². The lowest BCUT2D eigenvalue weighted by atomic mass is 9.89. The quantitative estimate of drug-likeness (QED) is 0.684. The van der Waals surface area contributed by atoms with Crippen molar-refractivity contribution in [3.8, 4) is 0 Å². The molecule has 2 saturated carbocycles. The van der Waals surface area contributed by atoms with E-state index in [2.05, 4.69) is 11.2 Å². The topological polar surface area (TPSA) is 3.24 Å². The van der Waals surface area contributed by atoms with E-state index in [-0.39, 0.29) is 0 Å². The average molecular weight is 227 g/mol. The highest BCUT2D eigenvalue weighted by molar-refractivity contribution is 7.98. The molecule has 0 spiro atoms. The summed E-state index contributed by atoms with van der Waals surface area (Å²) in [6.45, 7) is 2.74. The fourth-order valence-electron chi connectivity index (χ4n) is 2.77. The van der Waals surface area contributed by atoms with Crippen molar-refractivity contribution < 1.29 is 0 Å². The van der Waals surface area contributed by atoms with Crippen LogP contribution in [0.15, 0.2) is 0 Å². The van der Waals surface area contributed by atoms with Gasteiger partial charge in [0.1, 0.15) is 0 Å². The highest BCUT2D eigenvalue weighted by Crippen LogP contribution is 2.31. The first-order valence-corrected chi connectivity index (χ1v) is 8.02. The van der Waals surface area contributed by atoms with Gasteiger partial charge in [0.15, 0.2) is 0 Å². The first kappa shape index (κ1) is 11.8. The monoisotopic (exact) mass is 227 g/mol. The zero-order valence-corrected chi connectivity index (χ0v) is 10.9. The Bertz CT molecular complexity index is 173.